The molecule has 1 aliphatic heterocycles. The Labute approximate surface area is 138 Å². The molecule has 0 radical (unpaired) electrons. The standard InChI is InChI=1S/C18H15FN2OS/c1-11-6-5-9-15(12(11)2)20-18-21-17(22)16(23-18)10-13-7-3-4-8-14(13)19/h3-10H,1-2H3,(H,20,21,22)/b16-10+. The third kappa shape index (κ3) is 3.35. The lowest BCUT2D eigenvalue weighted by atomic mass is 10.1. The molecular formula is C18H15FN2OS. The highest BCUT2D eigenvalue weighted by atomic mass is 32.2. The van der Waals surface area contributed by atoms with Gasteiger partial charge >= 0.3 is 0 Å². The van der Waals surface area contributed by atoms with E-state index in [1.807, 2.05) is 32.0 Å². The number of halogens is 1. The summed E-state index contributed by atoms with van der Waals surface area (Å²) in [6, 6.07) is 12.2. The zero-order valence-corrected chi connectivity index (χ0v) is 13.6. The fourth-order valence-corrected chi connectivity index (χ4v) is 3.01. The Balaban J connectivity index is 1.89. The van der Waals surface area contributed by atoms with E-state index in [1.54, 1.807) is 24.3 Å². The highest BCUT2D eigenvalue weighted by Gasteiger charge is 2.24. The monoisotopic (exact) mass is 326 g/mol. The number of nitrogens with zero attached hydrogens (tertiary/aromatic N) is 1. The van der Waals surface area contributed by atoms with Crippen LogP contribution in [-0.4, -0.2) is 11.1 Å². The second-order valence-corrected chi connectivity index (χ2v) is 6.25. The van der Waals surface area contributed by atoms with E-state index in [4.69, 9.17) is 0 Å². The van der Waals surface area contributed by atoms with E-state index in [0.29, 0.717) is 15.6 Å². The molecule has 0 spiro atoms. The van der Waals surface area contributed by atoms with Crippen LogP contribution >= 0.6 is 11.8 Å². The van der Waals surface area contributed by atoms with Gasteiger partial charge in [0, 0.05) is 5.56 Å². The van der Waals surface area contributed by atoms with Crippen molar-refractivity contribution in [1.82, 2.24) is 5.32 Å². The summed E-state index contributed by atoms with van der Waals surface area (Å²) in [7, 11) is 0. The lowest BCUT2D eigenvalue weighted by Gasteiger charge is -2.04. The molecule has 116 valence electrons. The van der Waals surface area contributed by atoms with Crippen molar-refractivity contribution >= 4 is 34.6 Å². The molecule has 1 N–H and O–H groups in total. The second kappa shape index (κ2) is 6.38. The number of amidine groups is 1. The average Bonchev–Trinajstić information content (AvgIpc) is 2.86. The largest absolute Gasteiger partial charge is 0.300 e. The van der Waals surface area contributed by atoms with Gasteiger partial charge in [0.2, 0.25) is 0 Å². The van der Waals surface area contributed by atoms with Crippen molar-refractivity contribution in [3.63, 3.8) is 0 Å². The van der Waals surface area contributed by atoms with Gasteiger partial charge in [-0.3, -0.25) is 4.79 Å². The topological polar surface area (TPSA) is 41.5 Å². The van der Waals surface area contributed by atoms with Gasteiger partial charge in [-0.15, -0.1) is 0 Å². The Morgan fingerprint density at radius 2 is 1.91 bits per heavy atom. The third-order valence-electron chi connectivity index (χ3n) is 3.64. The maximum atomic E-state index is 13.7. The van der Waals surface area contributed by atoms with Crippen molar-refractivity contribution in [2.24, 2.45) is 4.99 Å². The van der Waals surface area contributed by atoms with Gasteiger partial charge in [0.15, 0.2) is 5.17 Å². The molecule has 0 aromatic heterocycles. The number of carbonyl (C=O) groups is 1. The van der Waals surface area contributed by atoms with Crippen LogP contribution in [0.5, 0.6) is 0 Å². The highest BCUT2D eigenvalue weighted by molar-refractivity contribution is 8.18. The van der Waals surface area contributed by atoms with Crippen LogP contribution < -0.4 is 5.32 Å². The first-order valence-corrected chi connectivity index (χ1v) is 7.96. The Kier molecular flexibility index (Phi) is 4.30. The zero-order valence-electron chi connectivity index (χ0n) is 12.8. The summed E-state index contributed by atoms with van der Waals surface area (Å²) in [5, 5.41) is 3.23. The summed E-state index contributed by atoms with van der Waals surface area (Å²) in [6.45, 7) is 4.01. The quantitative estimate of drug-likeness (QED) is 0.834. The van der Waals surface area contributed by atoms with E-state index in [-0.39, 0.29) is 11.7 Å². The molecule has 1 heterocycles. The minimum Gasteiger partial charge on any atom is -0.300 e. The Hall–Kier alpha value is -2.40. The van der Waals surface area contributed by atoms with Gasteiger partial charge < -0.3 is 5.32 Å². The summed E-state index contributed by atoms with van der Waals surface area (Å²) < 4.78 is 13.7. The van der Waals surface area contributed by atoms with Gasteiger partial charge in [-0.05, 0) is 54.9 Å². The van der Waals surface area contributed by atoms with E-state index in [0.717, 1.165) is 16.8 Å². The first kappa shape index (κ1) is 15.5. The number of amides is 1. The Morgan fingerprint density at radius 3 is 2.70 bits per heavy atom. The molecule has 23 heavy (non-hydrogen) atoms. The number of aryl methyl sites for hydroxylation is 1. The molecule has 1 aliphatic rings. The molecule has 0 aliphatic carbocycles. The third-order valence-corrected chi connectivity index (χ3v) is 4.55. The van der Waals surface area contributed by atoms with Crippen molar-refractivity contribution in [3.8, 4) is 0 Å². The number of aliphatic imine (C=N–C) groups is 1. The summed E-state index contributed by atoms with van der Waals surface area (Å²) in [4.78, 5) is 17.0. The average molecular weight is 326 g/mol. The molecule has 0 saturated carbocycles. The molecule has 0 atom stereocenters. The predicted molar refractivity (Wildman–Crippen MR) is 93.1 cm³/mol. The van der Waals surface area contributed by atoms with E-state index in [9.17, 15) is 9.18 Å². The van der Waals surface area contributed by atoms with Crippen LogP contribution in [0.25, 0.3) is 6.08 Å². The van der Waals surface area contributed by atoms with Crippen molar-refractivity contribution in [2.75, 3.05) is 0 Å². The highest BCUT2D eigenvalue weighted by Crippen LogP contribution is 2.30. The molecule has 3 nitrogen and oxygen atoms in total. The van der Waals surface area contributed by atoms with Gasteiger partial charge in [0.25, 0.3) is 5.91 Å². The van der Waals surface area contributed by atoms with Crippen LogP contribution in [0.15, 0.2) is 52.4 Å². The molecule has 5 heteroatoms. The van der Waals surface area contributed by atoms with Crippen LogP contribution in [0.4, 0.5) is 10.1 Å². The van der Waals surface area contributed by atoms with Crippen LogP contribution in [0, 0.1) is 19.7 Å². The van der Waals surface area contributed by atoms with E-state index < -0.39 is 0 Å². The fraction of sp³-hybridized carbons (Fsp3) is 0.111. The lowest BCUT2D eigenvalue weighted by Crippen LogP contribution is -2.19. The summed E-state index contributed by atoms with van der Waals surface area (Å²) in [6.07, 6.45) is 1.54. The summed E-state index contributed by atoms with van der Waals surface area (Å²) in [5.41, 5.74) is 3.42. The first-order chi connectivity index (χ1) is 11.0. The van der Waals surface area contributed by atoms with Crippen molar-refractivity contribution in [2.45, 2.75) is 13.8 Å². The summed E-state index contributed by atoms with van der Waals surface area (Å²) >= 11 is 1.22. The smallest absolute Gasteiger partial charge is 0.264 e. The number of hydrogen-bond acceptors (Lipinski definition) is 3. The molecule has 0 unspecified atom stereocenters. The number of rotatable bonds is 2. The minimum atomic E-state index is -0.353. The van der Waals surface area contributed by atoms with E-state index in [2.05, 4.69) is 10.3 Å². The molecule has 1 amide bonds. The number of benzene rings is 2. The molecule has 2 aromatic rings. The van der Waals surface area contributed by atoms with E-state index in [1.165, 1.54) is 17.8 Å². The predicted octanol–water partition coefficient (Wildman–Crippen LogP) is 4.33. The first-order valence-electron chi connectivity index (χ1n) is 7.15. The Bertz CT molecular complexity index is 843. The SMILES string of the molecule is Cc1cccc(N=C2NC(=O)/C(=C\c3ccccc3F)S2)c1C. The lowest BCUT2D eigenvalue weighted by molar-refractivity contribution is -0.115. The van der Waals surface area contributed by atoms with Gasteiger partial charge in [-0.1, -0.05) is 30.3 Å². The van der Waals surface area contributed by atoms with Gasteiger partial charge in [0.1, 0.15) is 5.82 Å². The van der Waals surface area contributed by atoms with Crippen LogP contribution in [0.1, 0.15) is 16.7 Å². The van der Waals surface area contributed by atoms with Gasteiger partial charge in [-0.25, -0.2) is 9.38 Å². The fourth-order valence-electron chi connectivity index (χ4n) is 2.18. The van der Waals surface area contributed by atoms with Crippen LogP contribution in [-0.2, 0) is 4.79 Å². The number of thioether (sulfide) groups is 1. The number of nitrogens with one attached hydrogen (secondary N) is 1. The van der Waals surface area contributed by atoms with Crippen molar-refractivity contribution in [3.05, 3.63) is 69.9 Å². The van der Waals surface area contributed by atoms with Crippen molar-refractivity contribution < 1.29 is 9.18 Å². The summed E-state index contributed by atoms with van der Waals surface area (Å²) in [5.74, 6) is -0.615. The zero-order chi connectivity index (χ0) is 16.4. The molecular weight excluding hydrogens is 311 g/mol. The molecule has 1 fully saturated rings. The van der Waals surface area contributed by atoms with Crippen LogP contribution in [0.3, 0.4) is 0 Å². The molecule has 3 rings (SSSR count). The van der Waals surface area contributed by atoms with Crippen LogP contribution in [0.2, 0.25) is 0 Å². The minimum absolute atomic E-state index is 0.262. The molecule has 1 saturated heterocycles. The maximum absolute atomic E-state index is 13.7. The molecule has 0 bridgehead atoms. The Morgan fingerprint density at radius 1 is 1.13 bits per heavy atom. The number of hydrogen-bond donors (Lipinski definition) is 1. The normalized spacial score (nSPS) is 17.8. The molecule has 2 aromatic carbocycles. The second-order valence-electron chi connectivity index (χ2n) is 5.22. The van der Waals surface area contributed by atoms with Crippen molar-refractivity contribution in [1.29, 1.82) is 0 Å². The number of carbonyl (C=O) groups excluding carboxylic acids is 1. The maximum Gasteiger partial charge on any atom is 0.264 e. The van der Waals surface area contributed by atoms with Gasteiger partial charge in [0.05, 0.1) is 10.6 Å². The van der Waals surface area contributed by atoms with Gasteiger partial charge in [-0.2, -0.15) is 0 Å². The van der Waals surface area contributed by atoms with E-state index >= 15 is 0 Å².